The molecule has 0 spiro atoms. The number of halogens is 1. The van der Waals surface area contributed by atoms with Crippen molar-refractivity contribution in [3.63, 3.8) is 0 Å². The highest BCUT2D eigenvalue weighted by Crippen LogP contribution is 2.38. The second kappa shape index (κ2) is 5.69. The molecule has 0 aliphatic rings. The minimum Gasteiger partial charge on any atom is -0.496 e. The first-order valence-corrected chi connectivity index (χ1v) is 7.32. The summed E-state index contributed by atoms with van der Waals surface area (Å²) >= 11 is 5.49. The average Bonchev–Trinajstić information content (AvgIpc) is 2.80. The average molecular weight is 311 g/mol. The summed E-state index contributed by atoms with van der Waals surface area (Å²) in [6.07, 6.45) is 0.990. The molecule has 1 atom stereocenters. The molecule has 0 fully saturated rings. The van der Waals surface area contributed by atoms with Gasteiger partial charge in [-0.05, 0) is 35.9 Å². The van der Waals surface area contributed by atoms with Gasteiger partial charge in [-0.1, -0.05) is 40.2 Å². The van der Waals surface area contributed by atoms with Crippen molar-refractivity contribution in [1.29, 1.82) is 0 Å². The van der Waals surface area contributed by atoms with E-state index in [2.05, 4.69) is 52.5 Å². The zero-order valence-electron chi connectivity index (χ0n) is 9.94. The van der Waals surface area contributed by atoms with Gasteiger partial charge < -0.3 is 4.74 Å². The van der Waals surface area contributed by atoms with Gasteiger partial charge in [0.2, 0.25) is 0 Å². The van der Waals surface area contributed by atoms with E-state index in [9.17, 15) is 0 Å². The number of rotatable bonds is 4. The molecule has 0 bridgehead atoms. The third kappa shape index (κ3) is 2.90. The van der Waals surface area contributed by atoms with Crippen molar-refractivity contribution in [3.8, 4) is 5.75 Å². The first-order valence-electron chi connectivity index (χ1n) is 5.52. The lowest BCUT2D eigenvalue weighted by molar-refractivity contribution is 0.412. The molecule has 1 aromatic heterocycles. The molecule has 0 amide bonds. The van der Waals surface area contributed by atoms with Crippen molar-refractivity contribution in [2.75, 3.05) is 7.11 Å². The third-order valence-corrected chi connectivity index (χ3v) is 4.92. The molecule has 3 heteroatoms. The highest BCUT2D eigenvalue weighted by Gasteiger charge is 2.15. The maximum absolute atomic E-state index is 5.35. The van der Waals surface area contributed by atoms with E-state index in [1.807, 2.05) is 6.07 Å². The number of methoxy groups -OCH3 is 1. The van der Waals surface area contributed by atoms with Crippen molar-refractivity contribution < 1.29 is 4.74 Å². The molecule has 0 N–H and O–H groups in total. The number of hydrogen-bond donors (Lipinski definition) is 0. The topological polar surface area (TPSA) is 9.23 Å². The monoisotopic (exact) mass is 310 g/mol. The van der Waals surface area contributed by atoms with E-state index >= 15 is 0 Å². The van der Waals surface area contributed by atoms with Gasteiger partial charge in [0.1, 0.15) is 5.75 Å². The van der Waals surface area contributed by atoms with Gasteiger partial charge in [0.25, 0.3) is 0 Å². The van der Waals surface area contributed by atoms with Gasteiger partial charge in [0.15, 0.2) is 0 Å². The Kier molecular flexibility index (Phi) is 4.24. The molecule has 0 aliphatic carbocycles. The Morgan fingerprint density at radius 3 is 2.76 bits per heavy atom. The summed E-state index contributed by atoms with van der Waals surface area (Å²) < 4.78 is 5.35. The lowest BCUT2D eigenvalue weighted by Crippen LogP contribution is -1.97. The fraction of sp³-hybridized carbons (Fsp3) is 0.286. The molecule has 2 rings (SSSR count). The van der Waals surface area contributed by atoms with Crippen LogP contribution in [0.3, 0.4) is 0 Å². The van der Waals surface area contributed by atoms with Gasteiger partial charge in [0, 0.05) is 0 Å². The Balaban J connectivity index is 2.17. The molecule has 17 heavy (non-hydrogen) atoms. The van der Waals surface area contributed by atoms with Gasteiger partial charge in [-0.3, -0.25) is 0 Å². The number of hydrogen-bond acceptors (Lipinski definition) is 2. The Labute approximate surface area is 115 Å². The quantitative estimate of drug-likeness (QED) is 0.741. The van der Waals surface area contributed by atoms with Crippen LogP contribution in [0.2, 0.25) is 0 Å². The molecule has 2 aromatic rings. The first-order chi connectivity index (χ1) is 8.22. The highest BCUT2D eigenvalue weighted by molar-refractivity contribution is 9.09. The van der Waals surface area contributed by atoms with Crippen LogP contribution in [0, 0.1) is 6.92 Å². The molecule has 1 unspecified atom stereocenters. The third-order valence-electron chi connectivity index (χ3n) is 2.82. The minimum absolute atomic E-state index is 0.318. The molecule has 0 radical (unpaired) electrons. The summed E-state index contributed by atoms with van der Waals surface area (Å²) in [7, 11) is 1.72. The predicted molar refractivity (Wildman–Crippen MR) is 77.4 cm³/mol. The van der Waals surface area contributed by atoms with Crippen LogP contribution < -0.4 is 4.74 Å². The fourth-order valence-electron chi connectivity index (χ4n) is 1.83. The van der Waals surface area contributed by atoms with E-state index in [-0.39, 0.29) is 0 Å². The summed E-state index contributed by atoms with van der Waals surface area (Å²) in [6, 6.07) is 10.5. The molecule has 0 saturated carbocycles. The summed E-state index contributed by atoms with van der Waals surface area (Å²) in [6.45, 7) is 2.15. The van der Waals surface area contributed by atoms with E-state index in [4.69, 9.17) is 4.74 Å². The van der Waals surface area contributed by atoms with Gasteiger partial charge in [-0.15, -0.1) is 11.3 Å². The van der Waals surface area contributed by atoms with Crippen molar-refractivity contribution in [2.45, 2.75) is 18.2 Å². The van der Waals surface area contributed by atoms with Crippen LogP contribution in [0.25, 0.3) is 0 Å². The number of aryl methyl sites for hydroxylation is 1. The van der Waals surface area contributed by atoms with E-state index in [1.54, 1.807) is 18.4 Å². The predicted octanol–water partition coefficient (Wildman–Crippen LogP) is 4.74. The summed E-state index contributed by atoms with van der Waals surface area (Å²) in [5, 5.41) is 2.07. The Hall–Kier alpha value is -0.800. The molecule has 0 aliphatic heterocycles. The molecule has 90 valence electrons. The molecule has 1 nitrogen and oxygen atoms in total. The van der Waals surface area contributed by atoms with E-state index in [0.717, 1.165) is 12.2 Å². The summed E-state index contributed by atoms with van der Waals surface area (Å²) in [5.41, 5.74) is 2.72. The van der Waals surface area contributed by atoms with Crippen LogP contribution in [0.5, 0.6) is 5.75 Å². The van der Waals surface area contributed by atoms with Crippen LogP contribution in [0.15, 0.2) is 35.7 Å². The molecule has 0 saturated heterocycles. The van der Waals surface area contributed by atoms with Crippen LogP contribution >= 0.6 is 27.3 Å². The van der Waals surface area contributed by atoms with Crippen molar-refractivity contribution in [2.24, 2.45) is 0 Å². The maximum atomic E-state index is 5.35. The standard InChI is InChI=1S/C14H15BrOS/c1-10-5-3-4-6-11(10)9-12(15)14-13(16-2)7-8-17-14/h3-8,12H,9H2,1-2H3. The summed E-state index contributed by atoms with van der Waals surface area (Å²) in [5.74, 6) is 0.977. The number of benzene rings is 1. The van der Waals surface area contributed by atoms with E-state index < -0.39 is 0 Å². The Bertz CT molecular complexity index is 492. The van der Waals surface area contributed by atoms with Crippen molar-refractivity contribution >= 4 is 27.3 Å². The lowest BCUT2D eigenvalue weighted by Gasteiger charge is -2.12. The second-order valence-electron chi connectivity index (χ2n) is 3.95. The highest BCUT2D eigenvalue weighted by atomic mass is 79.9. The minimum atomic E-state index is 0.318. The van der Waals surface area contributed by atoms with E-state index in [1.165, 1.54) is 16.0 Å². The van der Waals surface area contributed by atoms with Crippen LogP contribution in [-0.2, 0) is 6.42 Å². The molecule has 1 aromatic carbocycles. The second-order valence-corrected chi connectivity index (χ2v) is 6.00. The Morgan fingerprint density at radius 1 is 1.29 bits per heavy atom. The zero-order valence-corrected chi connectivity index (χ0v) is 12.3. The number of alkyl halides is 1. The van der Waals surface area contributed by atoms with Gasteiger partial charge in [-0.2, -0.15) is 0 Å². The largest absolute Gasteiger partial charge is 0.496 e. The zero-order chi connectivity index (χ0) is 12.3. The fourth-order valence-corrected chi connectivity index (χ4v) is 3.57. The van der Waals surface area contributed by atoms with Crippen molar-refractivity contribution in [1.82, 2.24) is 0 Å². The first kappa shape index (κ1) is 12.7. The van der Waals surface area contributed by atoms with E-state index in [0.29, 0.717) is 4.83 Å². The molecular weight excluding hydrogens is 296 g/mol. The normalized spacial score (nSPS) is 12.4. The van der Waals surface area contributed by atoms with Crippen LogP contribution in [-0.4, -0.2) is 7.11 Å². The summed E-state index contributed by atoms with van der Waals surface area (Å²) in [4.78, 5) is 1.58. The number of ether oxygens (including phenoxy) is 1. The number of thiophene rings is 1. The molecule has 1 heterocycles. The molecular formula is C14H15BrOS. The van der Waals surface area contributed by atoms with Gasteiger partial charge in [-0.25, -0.2) is 0 Å². The van der Waals surface area contributed by atoms with Crippen LogP contribution in [0.4, 0.5) is 0 Å². The van der Waals surface area contributed by atoms with Gasteiger partial charge in [0.05, 0.1) is 16.8 Å². The SMILES string of the molecule is COc1ccsc1C(Br)Cc1ccccc1C. The van der Waals surface area contributed by atoms with Crippen LogP contribution in [0.1, 0.15) is 20.8 Å². The van der Waals surface area contributed by atoms with Gasteiger partial charge >= 0.3 is 0 Å². The Morgan fingerprint density at radius 2 is 2.06 bits per heavy atom. The maximum Gasteiger partial charge on any atom is 0.133 e. The van der Waals surface area contributed by atoms with Crippen molar-refractivity contribution in [3.05, 3.63) is 51.7 Å². The lowest BCUT2D eigenvalue weighted by atomic mass is 10.0. The smallest absolute Gasteiger partial charge is 0.133 e.